The first-order valence-corrected chi connectivity index (χ1v) is 11.5. The van der Waals surface area contributed by atoms with Crippen molar-refractivity contribution in [3.8, 4) is 0 Å². The van der Waals surface area contributed by atoms with Crippen molar-refractivity contribution >= 4 is 7.60 Å². The standard InChI is InChI=1S/C21H38NO5P/c1-9-25-28(24,26-10-2)19(20(3,4)5)22(21(6,7)8)27-18(16-23)17-14-12-11-13-15-17/h11-15,18-19,23H,9-10,16H2,1-8H3/t18-,19-/m1/s1. The van der Waals surface area contributed by atoms with Crippen LogP contribution in [0.25, 0.3) is 0 Å². The van der Waals surface area contributed by atoms with Crippen molar-refractivity contribution in [1.82, 2.24) is 5.06 Å². The van der Waals surface area contributed by atoms with Gasteiger partial charge in [-0.05, 0) is 45.6 Å². The second-order valence-electron chi connectivity index (χ2n) is 8.80. The summed E-state index contributed by atoms with van der Waals surface area (Å²) in [6.45, 7) is 15.8. The van der Waals surface area contributed by atoms with Crippen LogP contribution in [0.1, 0.15) is 67.1 Å². The molecule has 6 nitrogen and oxygen atoms in total. The Kier molecular flexibility index (Phi) is 9.33. The van der Waals surface area contributed by atoms with Gasteiger partial charge < -0.3 is 14.2 Å². The Bertz CT molecular complexity index is 614. The molecule has 0 saturated carbocycles. The molecule has 0 aliphatic rings. The van der Waals surface area contributed by atoms with Crippen molar-refractivity contribution < 1.29 is 23.6 Å². The van der Waals surface area contributed by atoms with Gasteiger partial charge in [0.15, 0.2) is 0 Å². The Morgan fingerprint density at radius 3 is 1.86 bits per heavy atom. The molecule has 0 heterocycles. The average molecular weight is 416 g/mol. The van der Waals surface area contributed by atoms with Gasteiger partial charge in [-0.25, -0.2) is 0 Å². The molecule has 28 heavy (non-hydrogen) atoms. The number of rotatable bonds is 10. The van der Waals surface area contributed by atoms with Gasteiger partial charge in [0.05, 0.1) is 19.8 Å². The third kappa shape index (κ3) is 6.65. The fourth-order valence-corrected chi connectivity index (χ4v) is 5.76. The number of hydroxylamine groups is 2. The zero-order valence-electron chi connectivity index (χ0n) is 18.6. The molecule has 7 heteroatoms. The minimum atomic E-state index is -3.54. The van der Waals surface area contributed by atoms with Gasteiger partial charge in [0.2, 0.25) is 0 Å². The summed E-state index contributed by atoms with van der Waals surface area (Å²) in [4.78, 5) is 6.33. The number of nitrogens with zero attached hydrogens (tertiary/aromatic N) is 1. The second-order valence-corrected chi connectivity index (χ2v) is 10.9. The zero-order chi connectivity index (χ0) is 21.6. The van der Waals surface area contributed by atoms with E-state index >= 15 is 0 Å². The molecule has 0 aliphatic carbocycles. The van der Waals surface area contributed by atoms with Gasteiger partial charge in [-0.1, -0.05) is 51.1 Å². The van der Waals surface area contributed by atoms with E-state index < -0.39 is 30.4 Å². The molecule has 2 atom stereocenters. The maximum Gasteiger partial charge on any atom is 0.350 e. The number of hydrogen-bond acceptors (Lipinski definition) is 6. The lowest BCUT2D eigenvalue weighted by Crippen LogP contribution is -2.54. The number of benzene rings is 1. The molecule has 162 valence electrons. The van der Waals surface area contributed by atoms with Crippen molar-refractivity contribution in [2.75, 3.05) is 19.8 Å². The molecule has 1 aromatic carbocycles. The number of aliphatic hydroxyl groups is 1. The fraction of sp³-hybridized carbons (Fsp3) is 0.714. The highest BCUT2D eigenvalue weighted by atomic mass is 31.2. The average Bonchev–Trinajstić information content (AvgIpc) is 2.57. The zero-order valence-corrected chi connectivity index (χ0v) is 19.5. The van der Waals surface area contributed by atoms with Crippen LogP contribution in [0.4, 0.5) is 0 Å². The van der Waals surface area contributed by atoms with Crippen LogP contribution in [0.2, 0.25) is 0 Å². The molecule has 1 N–H and O–H groups in total. The smallest absolute Gasteiger partial charge is 0.350 e. The van der Waals surface area contributed by atoms with Gasteiger partial charge in [0.25, 0.3) is 0 Å². The van der Waals surface area contributed by atoms with Crippen LogP contribution in [0, 0.1) is 5.41 Å². The van der Waals surface area contributed by atoms with Crippen molar-refractivity contribution in [3.63, 3.8) is 0 Å². The molecule has 1 aromatic rings. The summed E-state index contributed by atoms with van der Waals surface area (Å²) in [5.74, 6) is -0.669. The SMILES string of the molecule is CCOP(=O)(OCC)[C@@H](N(O[C@H](CO)c1ccccc1)C(C)(C)C)C(C)(C)C. The van der Waals surface area contributed by atoms with E-state index in [2.05, 4.69) is 0 Å². The fourth-order valence-electron chi connectivity index (χ4n) is 3.08. The van der Waals surface area contributed by atoms with E-state index in [1.165, 1.54) is 0 Å². The third-order valence-electron chi connectivity index (χ3n) is 4.15. The molecule has 0 amide bonds. The van der Waals surface area contributed by atoms with Crippen LogP contribution in [0.5, 0.6) is 0 Å². The van der Waals surface area contributed by atoms with E-state index in [-0.39, 0.29) is 19.8 Å². The molecule has 0 unspecified atom stereocenters. The minimum Gasteiger partial charge on any atom is -0.393 e. The largest absolute Gasteiger partial charge is 0.393 e. The van der Waals surface area contributed by atoms with E-state index in [0.717, 1.165) is 5.56 Å². The topological polar surface area (TPSA) is 68.2 Å². The Balaban J connectivity index is 3.45. The molecule has 0 saturated heterocycles. The molecular weight excluding hydrogens is 377 g/mol. The summed E-state index contributed by atoms with van der Waals surface area (Å²) in [5, 5.41) is 11.7. The lowest BCUT2D eigenvalue weighted by atomic mass is 9.94. The summed E-state index contributed by atoms with van der Waals surface area (Å²) < 4.78 is 25.2. The Hall–Kier alpha value is -0.750. The lowest BCUT2D eigenvalue weighted by molar-refractivity contribution is -0.274. The Morgan fingerprint density at radius 2 is 1.50 bits per heavy atom. The van der Waals surface area contributed by atoms with Crippen molar-refractivity contribution in [1.29, 1.82) is 0 Å². The molecule has 0 spiro atoms. The van der Waals surface area contributed by atoms with E-state index in [9.17, 15) is 9.67 Å². The summed E-state index contributed by atoms with van der Waals surface area (Å²) in [6.07, 6.45) is -0.595. The highest BCUT2D eigenvalue weighted by Gasteiger charge is 2.51. The van der Waals surface area contributed by atoms with Gasteiger partial charge in [0, 0.05) is 5.54 Å². The Labute approximate surface area is 170 Å². The van der Waals surface area contributed by atoms with Crippen LogP contribution in [-0.4, -0.2) is 41.3 Å². The molecule has 0 radical (unpaired) electrons. The van der Waals surface area contributed by atoms with Gasteiger partial charge in [-0.3, -0.25) is 9.40 Å². The van der Waals surface area contributed by atoms with E-state index in [0.29, 0.717) is 0 Å². The Morgan fingerprint density at radius 1 is 1.00 bits per heavy atom. The predicted octanol–water partition coefficient (Wildman–Crippen LogP) is 5.39. The van der Waals surface area contributed by atoms with Crippen LogP contribution < -0.4 is 0 Å². The van der Waals surface area contributed by atoms with Gasteiger partial charge in [0.1, 0.15) is 11.9 Å². The van der Waals surface area contributed by atoms with Crippen LogP contribution in [0.15, 0.2) is 30.3 Å². The van der Waals surface area contributed by atoms with Crippen LogP contribution >= 0.6 is 7.60 Å². The molecular formula is C21H38NO5P. The maximum atomic E-state index is 13.8. The third-order valence-corrected chi connectivity index (χ3v) is 6.97. The lowest BCUT2D eigenvalue weighted by Gasteiger charge is -2.48. The minimum absolute atomic E-state index is 0.207. The second kappa shape index (κ2) is 10.3. The first-order valence-electron chi connectivity index (χ1n) is 9.91. The van der Waals surface area contributed by atoms with E-state index in [1.54, 1.807) is 18.9 Å². The number of aliphatic hydroxyl groups excluding tert-OH is 1. The molecule has 0 fully saturated rings. The monoisotopic (exact) mass is 415 g/mol. The molecule has 0 aliphatic heterocycles. The van der Waals surface area contributed by atoms with E-state index in [1.807, 2.05) is 71.9 Å². The van der Waals surface area contributed by atoms with Gasteiger partial charge >= 0.3 is 7.60 Å². The van der Waals surface area contributed by atoms with Crippen molar-refractivity contribution in [2.24, 2.45) is 5.41 Å². The summed E-state index contributed by atoms with van der Waals surface area (Å²) in [6, 6.07) is 9.51. The quantitative estimate of drug-likeness (QED) is 0.408. The van der Waals surface area contributed by atoms with Crippen LogP contribution in [0.3, 0.4) is 0 Å². The predicted molar refractivity (Wildman–Crippen MR) is 113 cm³/mol. The highest BCUT2D eigenvalue weighted by molar-refractivity contribution is 7.54. The summed E-state index contributed by atoms with van der Waals surface area (Å²) in [7, 11) is -3.54. The summed E-state index contributed by atoms with van der Waals surface area (Å²) in [5.41, 5.74) is -0.164. The highest BCUT2D eigenvalue weighted by Crippen LogP contribution is 2.61. The van der Waals surface area contributed by atoms with Crippen LogP contribution in [-0.2, 0) is 18.5 Å². The van der Waals surface area contributed by atoms with Gasteiger partial charge in [-0.2, -0.15) is 5.06 Å². The molecule has 1 rings (SSSR count). The first kappa shape index (κ1) is 25.3. The van der Waals surface area contributed by atoms with Crippen molar-refractivity contribution in [3.05, 3.63) is 35.9 Å². The maximum absolute atomic E-state index is 13.8. The summed E-state index contributed by atoms with van der Waals surface area (Å²) >= 11 is 0. The molecule has 0 aromatic heterocycles. The van der Waals surface area contributed by atoms with E-state index in [4.69, 9.17) is 13.9 Å². The first-order chi connectivity index (χ1) is 12.9. The molecule has 0 bridgehead atoms. The number of hydrogen-bond donors (Lipinski definition) is 1. The van der Waals surface area contributed by atoms with Gasteiger partial charge in [-0.15, -0.1) is 0 Å². The van der Waals surface area contributed by atoms with Crippen molar-refractivity contribution in [2.45, 2.75) is 72.8 Å². The normalized spacial score (nSPS) is 15.6.